The lowest BCUT2D eigenvalue weighted by molar-refractivity contribution is -0.123. The van der Waals surface area contributed by atoms with Gasteiger partial charge in [-0.1, -0.05) is 0 Å². The van der Waals surface area contributed by atoms with Gasteiger partial charge < -0.3 is 16.2 Å². The molecule has 0 aliphatic rings. The first-order valence-corrected chi connectivity index (χ1v) is 5.52. The monoisotopic (exact) mass is 231 g/mol. The van der Waals surface area contributed by atoms with Crippen LogP contribution >= 0.6 is 0 Å². The summed E-state index contributed by atoms with van der Waals surface area (Å²) in [6.45, 7) is 6.41. The molecule has 4 N–H and O–H groups in total. The van der Waals surface area contributed by atoms with Crippen LogP contribution in [0, 0.1) is 0 Å². The maximum Gasteiger partial charge on any atom is 0.237 e. The van der Waals surface area contributed by atoms with Crippen LogP contribution in [-0.2, 0) is 9.53 Å². The lowest BCUT2D eigenvalue weighted by Crippen LogP contribution is -2.54. The topological polar surface area (TPSA) is 81.6 Å². The molecular weight excluding hydrogens is 206 g/mol. The molecule has 0 aliphatic heterocycles. The van der Waals surface area contributed by atoms with Crippen molar-refractivity contribution in [1.29, 1.82) is 0 Å². The average Bonchev–Trinajstić information content (AvgIpc) is 2.15. The second-order valence-corrected chi connectivity index (χ2v) is 4.80. The molecule has 0 saturated carbocycles. The lowest BCUT2D eigenvalue weighted by atomic mass is 9.93. The Hall–Kier alpha value is -0.650. The van der Waals surface area contributed by atoms with E-state index >= 15 is 0 Å². The number of primary amides is 1. The van der Waals surface area contributed by atoms with Gasteiger partial charge in [-0.3, -0.25) is 9.69 Å². The number of hydrogen-bond donors (Lipinski definition) is 2. The number of rotatable bonds is 7. The van der Waals surface area contributed by atoms with Crippen molar-refractivity contribution >= 4 is 5.91 Å². The number of hydrogen-bond acceptors (Lipinski definition) is 4. The van der Waals surface area contributed by atoms with Crippen molar-refractivity contribution < 1.29 is 9.53 Å². The average molecular weight is 231 g/mol. The van der Waals surface area contributed by atoms with Crippen LogP contribution in [0.5, 0.6) is 0 Å². The first-order chi connectivity index (χ1) is 7.22. The van der Waals surface area contributed by atoms with E-state index in [2.05, 4.69) is 11.8 Å². The lowest BCUT2D eigenvalue weighted by Gasteiger charge is -2.34. The molecule has 0 aliphatic carbocycles. The van der Waals surface area contributed by atoms with Gasteiger partial charge in [-0.05, 0) is 34.2 Å². The van der Waals surface area contributed by atoms with Gasteiger partial charge in [-0.2, -0.15) is 0 Å². The highest BCUT2D eigenvalue weighted by molar-refractivity contribution is 5.83. The van der Waals surface area contributed by atoms with E-state index < -0.39 is 11.4 Å². The maximum absolute atomic E-state index is 11.1. The van der Waals surface area contributed by atoms with Crippen molar-refractivity contribution in [1.82, 2.24) is 4.90 Å². The molecule has 0 saturated heterocycles. The largest absolute Gasteiger partial charge is 0.383 e. The Kier molecular flexibility index (Phi) is 5.92. The maximum atomic E-state index is 11.1. The Morgan fingerprint density at radius 2 is 1.94 bits per heavy atom. The van der Waals surface area contributed by atoms with Crippen LogP contribution in [0.15, 0.2) is 0 Å². The summed E-state index contributed by atoms with van der Waals surface area (Å²) >= 11 is 0. The standard InChI is InChI=1S/C11H25N3O2/c1-8(6-11(3,13)10(12)15)14(4)9(2)7-16-5/h8-9H,6-7,13H2,1-5H3,(H2,12,15). The Morgan fingerprint density at radius 1 is 1.44 bits per heavy atom. The van der Waals surface area contributed by atoms with Crippen LogP contribution < -0.4 is 11.5 Å². The predicted octanol–water partition coefficient (Wildman–Crippen LogP) is -0.0656. The first kappa shape index (κ1) is 15.3. The summed E-state index contributed by atoms with van der Waals surface area (Å²) in [4.78, 5) is 13.3. The van der Waals surface area contributed by atoms with E-state index in [0.29, 0.717) is 13.0 Å². The molecule has 96 valence electrons. The highest BCUT2D eigenvalue weighted by atomic mass is 16.5. The summed E-state index contributed by atoms with van der Waals surface area (Å²) in [6.07, 6.45) is 0.535. The minimum absolute atomic E-state index is 0.174. The normalized spacial score (nSPS) is 19.2. The number of ether oxygens (including phenoxy) is 1. The molecule has 3 atom stereocenters. The van der Waals surface area contributed by atoms with Crippen LogP contribution in [0.4, 0.5) is 0 Å². The number of methoxy groups -OCH3 is 1. The highest BCUT2D eigenvalue weighted by Crippen LogP contribution is 2.14. The van der Waals surface area contributed by atoms with E-state index in [1.165, 1.54) is 0 Å². The first-order valence-electron chi connectivity index (χ1n) is 5.52. The van der Waals surface area contributed by atoms with Gasteiger partial charge in [-0.25, -0.2) is 0 Å². The molecule has 0 aromatic rings. The number of nitrogens with two attached hydrogens (primary N) is 2. The van der Waals surface area contributed by atoms with Crippen molar-refractivity contribution in [2.45, 2.75) is 44.8 Å². The summed E-state index contributed by atoms with van der Waals surface area (Å²) in [5.41, 5.74) is 10.1. The van der Waals surface area contributed by atoms with Gasteiger partial charge in [0, 0.05) is 19.2 Å². The smallest absolute Gasteiger partial charge is 0.237 e. The van der Waals surface area contributed by atoms with E-state index in [4.69, 9.17) is 16.2 Å². The highest BCUT2D eigenvalue weighted by Gasteiger charge is 2.30. The molecule has 0 rings (SSSR count). The van der Waals surface area contributed by atoms with E-state index in [1.54, 1.807) is 14.0 Å². The fraction of sp³-hybridized carbons (Fsp3) is 0.909. The molecular formula is C11H25N3O2. The van der Waals surface area contributed by atoms with Crippen molar-refractivity contribution in [3.8, 4) is 0 Å². The van der Waals surface area contributed by atoms with Gasteiger partial charge in [0.25, 0.3) is 0 Å². The molecule has 16 heavy (non-hydrogen) atoms. The molecule has 0 spiro atoms. The molecule has 5 heteroatoms. The van der Waals surface area contributed by atoms with Gasteiger partial charge in [0.1, 0.15) is 0 Å². The molecule has 0 aromatic carbocycles. The molecule has 0 heterocycles. The summed E-state index contributed by atoms with van der Waals surface area (Å²) in [6, 6.07) is 0.455. The number of carbonyl (C=O) groups excluding carboxylic acids is 1. The van der Waals surface area contributed by atoms with Crippen molar-refractivity contribution in [3.05, 3.63) is 0 Å². The number of carbonyl (C=O) groups is 1. The zero-order chi connectivity index (χ0) is 12.9. The van der Waals surface area contributed by atoms with Crippen molar-refractivity contribution in [2.75, 3.05) is 20.8 Å². The Bertz CT molecular complexity index is 231. The molecule has 0 bridgehead atoms. The molecule has 0 radical (unpaired) electrons. The fourth-order valence-corrected chi connectivity index (χ4v) is 1.65. The van der Waals surface area contributed by atoms with Crippen LogP contribution in [0.2, 0.25) is 0 Å². The van der Waals surface area contributed by atoms with Crippen LogP contribution in [0.3, 0.4) is 0 Å². The Balaban J connectivity index is 4.34. The van der Waals surface area contributed by atoms with Crippen LogP contribution in [0.1, 0.15) is 27.2 Å². The van der Waals surface area contributed by atoms with E-state index in [-0.39, 0.29) is 12.1 Å². The molecule has 5 nitrogen and oxygen atoms in total. The SMILES string of the molecule is COCC(C)N(C)C(C)CC(C)(N)C(N)=O. The minimum atomic E-state index is -0.958. The van der Waals surface area contributed by atoms with Crippen LogP contribution in [0.25, 0.3) is 0 Å². The quantitative estimate of drug-likeness (QED) is 0.643. The van der Waals surface area contributed by atoms with Gasteiger partial charge in [0.05, 0.1) is 12.1 Å². The summed E-state index contributed by atoms with van der Waals surface area (Å²) in [5, 5.41) is 0. The second-order valence-electron chi connectivity index (χ2n) is 4.80. The Labute approximate surface area is 98.1 Å². The van der Waals surface area contributed by atoms with E-state index in [0.717, 1.165) is 0 Å². The third-order valence-corrected chi connectivity index (χ3v) is 3.08. The molecule has 0 fully saturated rings. The van der Waals surface area contributed by atoms with Crippen molar-refractivity contribution in [3.63, 3.8) is 0 Å². The summed E-state index contributed by atoms with van der Waals surface area (Å²) < 4.78 is 5.09. The van der Waals surface area contributed by atoms with Gasteiger partial charge in [0.15, 0.2) is 0 Å². The summed E-state index contributed by atoms with van der Waals surface area (Å²) in [7, 11) is 3.66. The number of amides is 1. The van der Waals surface area contributed by atoms with Gasteiger partial charge in [0.2, 0.25) is 5.91 Å². The zero-order valence-corrected chi connectivity index (χ0v) is 11.0. The van der Waals surface area contributed by atoms with E-state index in [9.17, 15) is 4.79 Å². The second kappa shape index (κ2) is 6.18. The fourth-order valence-electron chi connectivity index (χ4n) is 1.65. The Morgan fingerprint density at radius 3 is 2.31 bits per heavy atom. The predicted molar refractivity (Wildman–Crippen MR) is 65.0 cm³/mol. The van der Waals surface area contributed by atoms with Crippen molar-refractivity contribution in [2.24, 2.45) is 11.5 Å². The van der Waals surface area contributed by atoms with Gasteiger partial charge in [-0.15, -0.1) is 0 Å². The third-order valence-electron chi connectivity index (χ3n) is 3.08. The number of likely N-dealkylation sites (N-methyl/N-ethyl adjacent to an activating group) is 1. The minimum Gasteiger partial charge on any atom is -0.383 e. The zero-order valence-electron chi connectivity index (χ0n) is 11.0. The molecule has 3 unspecified atom stereocenters. The van der Waals surface area contributed by atoms with Gasteiger partial charge >= 0.3 is 0 Å². The van der Waals surface area contributed by atoms with E-state index in [1.807, 2.05) is 14.0 Å². The van der Waals surface area contributed by atoms with Crippen LogP contribution in [-0.4, -0.2) is 49.2 Å². The molecule has 0 aromatic heterocycles. The third kappa shape index (κ3) is 4.47. The molecule has 1 amide bonds. The number of nitrogens with zero attached hydrogens (tertiary/aromatic N) is 1. The summed E-state index contributed by atoms with van der Waals surface area (Å²) in [5.74, 6) is -0.466.